The van der Waals surface area contributed by atoms with Gasteiger partial charge in [0.05, 0.1) is 32.6 Å². The van der Waals surface area contributed by atoms with E-state index in [0.29, 0.717) is 63.6 Å². The van der Waals surface area contributed by atoms with Crippen LogP contribution in [0.1, 0.15) is 82.2 Å². The fraction of sp³-hybridized carbons (Fsp3) is 0.647. The Balaban J connectivity index is 1.44. The van der Waals surface area contributed by atoms with Crippen molar-refractivity contribution in [2.24, 2.45) is 11.8 Å². The minimum absolute atomic E-state index is 0.0698. The van der Waals surface area contributed by atoms with Gasteiger partial charge in [0.1, 0.15) is 5.78 Å². The van der Waals surface area contributed by atoms with Gasteiger partial charge < -0.3 is 10.1 Å². The predicted molar refractivity (Wildman–Crippen MR) is 179 cm³/mol. The van der Waals surface area contributed by atoms with E-state index in [2.05, 4.69) is 37.9 Å². The Morgan fingerprint density at radius 3 is 2.51 bits per heavy atom. The summed E-state index contributed by atoms with van der Waals surface area (Å²) in [5.41, 5.74) is 2.61. The Labute approximate surface area is 272 Å². The Morgan fingerprint density at radius 1 is 1.13 bits per heavy atom. The number of thiazole rings is 1. The molecule has 0 spiro atoms. The first-order valence-corrected chi connectivity index (χ1v) is 19.0. The molecule has 0 bridgehead atoms. The van der Waals surface area contributed by atoms with Gasteiger partial charge in [0.25, 0.3) is 0 Å². The average Bonchev–Trinajstić information content (AvgIpc) is 3.42. The largest absolute Gasteiger partial charge is 0.381 e. The molecule has 1 aromatic heterocycles. The molecule has 9 nitrogen and oxygen atoms in total. The number of hydrogen-bond acceptors (Lipinski definition) is 9. The van der Waals surface area contributed by atoms with Crippen LogP contribution in [-0.2, 0) is 35.4 Å². The van der Waals surface area contributed by atoms with Gasteiger partial charge in [-0.25, -0.2) is 13.4 Å². The number of Topliss-reactive ketones (excluding diaryl/α,β-unsaturated/α-hetero) is 2. The quantitative estimate of drug-likeness (QED) is 0.253. The van der Waals surface area contributed by atoms with Crippen molar-refractivity contribution in [3.05, 3.63) is 40.9 Å². The summed E-state index contributed by atoms with van der Waals surface area (Å²) in [7, 11) is -3.00. The lowest BCUT2D eigenvalue weighted by molar-refractivity contribution is -0.130. The van der Waals surface area contributed by atoms with Crippen molar-refractivity contribution in [3.63, 3.8) is 0 Å². The predicted octanol–water partition coefficient (Wildman–Crippen LogP) is 4.89. The normalized spacial score (nSPS) is 18.9. The summed E-state index contributed by atoms with van der Waals surface area (Å²) >= 11 is 1.58. The molecule has 248 valence electrons. The number of carbonyl (C=O) groups excluding carboxylic acids is 3. The Kier molecular flexibility index (Phi) is 12.9. The number of sulfone groups is 1. The van der Waals surface area contributed by atoms with Crippen LogP contribution in [-0.4, -0.2) is 86.2 Å². The summed E-state index contributed by atoms with van der Waals surface area (Å²) in [6, 6.07) is 6.06. The van der Waals surface area contributed by atoms with Crippen molar-refractivity contribution in [2.75, 3.05) is 44.4 Å². The second kappa shape index (κ2) is 16.4. The first-order valence-electron chi connectivity index (χ1n) is 16.4. The van der Waals surface area contributed by atoms with Gasteiger partial charge in [-0.05, 0) is 55.2 Å². The van der Waals surface area contributed by atoms with Gasteiger partial charge in [0.2, 0.25) is 5.91 Å². The van der Waals surface area contributed by atoms with Crippen LogP contribution in [0.25, 0.3) is 10.2 Å². The monoisotopic (exact) mass is 659 g/mol. The van der Waals surface area contributed by atoms with Gasteiger partial charge in [-0.15, -0.1) is 11.3 Å². The molecular formula is C34H49N3O6S2. The molecule has 1 aromatic carbocycles. The van der Waals surface area contributed by atoms with Crippen molar-refractivity contribution >= 4 is 48.9 Å². The first-order chi connectivity index (χ1) is 21.4. The summed E-state index contributed by atoms with van der Waals surface area (Å²) in [5, 5.41) is 4.11. The molecule has 11 heteroatoms. The third-order valence-electron chi connectivity index (χ3n) is 9.01. The molecule has 2 aromatic rings. The molecule has 0 unspecified atom stereocenters. The van der Waals surface area contributed by atoms with Crippen molar-refractivity contribution in [1.82, 2.24) is 15.2 Å². The van der Waals surface area contributed by atoms with Crippen LogP contribution in [0.3, 0.4) is 0 Å². The molecule has 2 aliphatic rings. The number of rotatable bonds is 16. The lowest BCUT2D eigenvalue weighted by Crippen LogP contribution is -2.46. The number of nitrogens with one attached hydrogen (secondary N) is 1. The molecule has 2 saturated heterocycles. The van der Waals surface area contributed by atoms with E-state index in [9.17, 15) is 22.8 Å². The van der Waals surface area contributed by atoms with Crippen molar-refractivity contribution in [1.29, 1.82) is 0 Å². The van der Waals surface area contributed by atoms with Crippen LogP contribution < -0.4 is 5.32 Å². The van der Waals surface area contributed by atoms with E-state index in [4.69, 9.17) is 9.72 Å². The maximum atomic E-state index is 13.9. The highest BCUT2D eigenvalue weighted by molar-refractivity contribution is 7.91. The van der Waals surface area contributed by atoms with E-state index in [-0.39, 0.29) is 53.8 Å². The SMILES string of the molecule is C=C(CN1CCS(=O)(=O)CC1)C(=O)CC[C@@H](NC(=O)[C@@H](CC(=O)CCC)Cc1nc2ccc(C(C)C)cc2s1)C1CCOCC1. The molecule has 0 saturated carbocycles. The summed E-state index contributed by atoms with van der Waals surface area (Å²) in [5.74, 6) is 0.0607. The number of hydrogen-bond donors (Lipinski definition) is 1. The Morgan fingerprint density at radius 2 is 1.84 bits per heavy atom. The van der Waals surface area contributed by atoms with Gasteiger partial charge in [-0.3, -0.25) is 19.3 Å². The van der Waals surface area contributed by atoms with Crippen molar-refractivity contribution in [2.45, 2.75) is 84.1 Å². The number of aromatic nitrogens is 1. The Bertz CT molecular complexity index is 1450. The smallest absolute Gasteiger partial charge is 0.224 e. The van der Waals surface area contributed by atoms with Gasteiger partial charge in [0, 0.05) is 70.1 Å². The van der Waals surface area contributed by atoms with Crippen LogP contribution in [0, 0.1) is 11.8 Å². The molecule has 3 heterocycles. The highest BCUT2D eigenvalue weighted by Gasteiger charge is 2.31. The maximum absolute atomic E-state index is 13.9. The molecule has 0 radical (unpaired) electrons. The second-order valence-electron chi connectivity index (χ2n) is 12.9. The molecule has 1 amide bonds. The van der Waals surface area contributed by atoms with Gasteiger partial charge in [0.15, 0.2) is 15.6 Å². The highest BCUT2D eigenvalue weighted by Crippen LogP contribution is 2.29. The summed E-state index contributed by atoms with van der Waals surface area (Å²) in [4.78, 5) is 46.6. The lowest BCUT2D eigenvalue weighted by Gasteiger charge is -2.32. The summed E-state index contributed by atoms with van der Waals surface area (Å²) in [6.45, 7) is 12.7. The number of amides is 1. The van der Waals surface area contributed by atoms with E-state index in [1.54, 1.807) is 11.3 Å². The van der Waals surface area contributed by atoms with Crippen LogP contribution in [0.2, 0.25) is 0 Å². The van der Waals surface area contributed by atoms with Crippen LogP contribution in [0.5, 0.6) is 0 Å². The molecule has 0 aliphatic carbocycles. The van der Waals surface area contributed by atoms with E-state index in [1.807, 2.05) is 17.9 Å². The number of carbonyl (C=O) groups is 3. The van der Waals surface area contributed by atoms with Crippen LogP contribution in [0.4, 0.5) is 0 Å². The fourth-order valence-corrected chi connectivity index (χ4v) is 8.51. The van der Waals surface area contributed by atoms with E-state index in [1.165, 1.54) is 5.56 Å². The highest BCUT2D eigenvalue weighted by atomic mass is 32.2. The van der Waals surface area contributed by atoms with Gasteiger partial charge in [-0.2, -0.15) is 0 Å². The van der Waals surface area contributed by atoms with Crippen LogP contribution >= 0.6 is 11.3 Å². The maximum Gasteiger partial charge on any atom is 0.224 e. The number of ketones is 2. The number of nitrogens with zero attached hydrogens (tertiary/aromatic N) is 2. The van der Waals surface area contributed by atoms with Gasteiger partial charge >= 0.3 is 0 Å². The minimum Gasteiger partial charge on any atom is -0.381 e. The lowest BCUT2D eigenvalue weighted by atomic mass is 9.86. The van der Waals surface area contributed by atoms with Crippen molar-refractivity contribution in [3.8, 4) is 0 Å². The van der Waals surface area contributed by atoms with E-state index in [0.717, 1.165) is 34.5 Å². The molecular weight excluding hydrogens is 611 g/mol. The molecule has 2 fully saturated rings. The third-order valence-corrected chi connectivity index (χ3v) is 11.7. The van der Waals surface area contributed by atoms with Crippen molar-refractivity contribution < 1.29 is 27.5 Å². The van der Waals surface area contributed by atoms with E-state index >= 15 is 0 Å². The molecule has 45 heavy (non-hydrogen) atoms. The first kappa shape index (κ1) is 35.4. The van der Waals surface area contributed by atoms with Crippen LogP contribution in [0.15, 0.2) is 30.4 Å². The second-order valence-corrected chi connectivity index (χ2v) is 16.4. The number of benzene rings is 1. The molecule has 1 N–H and O–H groups in total. The number of fused-ring (bicyclic) bond motifs is 1. The zero-order chi connectivity index (χ0) is 32.6. The van der Waals surface area contributed by atoms with E-state index < -0.39 is 15.8 Å². The topological polar surface area (TPSA) is 123 Å². The molecule has 2 aliphatic heterocycles. The van der Waals surface area contributed by atoms with Gasteiger partial charge in [-0.1, -0.05) is 33.4 Å². The summed E-state index contributed by atoms with van der Waals surface area (Å²) in [6.07, 6.45) is 4.00. The minimum atomic E-state index is -3.00. The fourth-order valence-electron chi connectivity index (χ4n) is 6.13. The Hall–Kier alpha value is -2.47. The average molecular weight is 660 g/mol. The molecule has 2 atom stereocenters. The zero-order valence-corrected chi connectivity index (χ0v) is 28.6. The third kappa shape index (κ3) is 10.5. The molecule has 4 rings (SSSR count). The zero-order valence-electron chi connectivity index (χ0n) is 27.0. The summed E-state index contributed by atoms with van der Waals surface area (Å²) < 4.78 is 30.2. The number of ether oxygens (including phenoxy) is 1. The standard InChI is InChI=1S/C34H49N3O6S2/c1-5-6-28(38)19-27(21-33-35-30-8-7-26(23(2)3)20-32(30)44-33)34(40)36-29(25-11-15-43-16-12-25)9-10-31(39)24(4)22-37-13-17-45(41,42)18-14-37/h7-8,20,23,25,27,29H,4-6,9-19,21-22H2,1-3H3,(H,36,40)/t27-,29+/m0/s1.